The van der Waals surface area contributed by atoms with Gasteiger partial charge in [0.1, 0.15) is 5.54 Å². The smallest absolute Gasteiger partial charge is 0.322 e. The minimum atomic E-state index is -2.31. The quantitative estimate of drug-likeness (QED) is 0.303. The summed E-state index contributed by atoms with van der Waals surface area (Å²) in [7, 11) is 0. The number of urea groups is 1. The second-order valence-corrected chi connectivity index (χ2v) is 4.96. The average Bonchev–Trinajstić information content (AvgIpc) is 2.74. The number of amides is 3. The Kier molecular flexibility index (Phi) is 4.10. The maximum atomic E-state index is 13.5. The van der Waals surface area contributed by atoms with Gasteiger partial charge in [-0.15, -0.1) is 5.01 Å². The van der Waals surface area contributed by atoms with E-state index in [9.17, 15) is 31.5 Å². The molecule has 5 nitrogen and oxygen atoms in total. The van der Waals surface area contributed by atoms with Crippen molar-refractivity contribution >= 4 is 18.2 Å². The van der Waals surface area contributed by atoms with Crippen molar-refractivity contribution in [2.75, 3.05) is 0 Å². The first-order valence-electron chi connectivity index (χ1n) is 6.36. The number of hydrazone groups is 1. The summed E-state index contributed by atoms with van der Waals surface area (Å²) in [5.74, 6) is -11.7. The van der Waals surface area contributed by atoms with Gasteiger partial charge in [0.2, 0.25) is 5.82 Å². The van der Waals surface area contributed by atoms with Crippen LogP contribution in [0.25, 0.3) is 0 Å². The predicted octanol–water partition coefficient (Wildman–Crippen LogP) is 2.44. The molecule has 1 aliphatic rings. The van der Waals surface area contributed by atoms with Crippen molar-refractivity contribution in [1.82, 2.24) is 10.3 Å². The van der Waals surface area contributed by atoms with Crippen LogP contribution in [0.3, 0.4) is 0 Å². The maximum absolute atomic E-state index is 13.5. The lowest BCUT2D eigenvalue weighted by Gasteiger charge is -2.17. The molecule has 0 radical (unpaired) electrons. The molecule has 0 aromatic heterocycles. The second kappa shape index (κ2) is 5.60. The fourth-order valence-electron chi connectivity index (χ4n) is 1.86. The minimum Gasteiger partial charge on any atom is -0.322 e. The van der Waals surface area contributed by atoms with Crippen LogP contribution in [0.15, 0.2) is 5.10 Å². The standard InChI is InChI=1S/C13H10F5N3O2/c1-3-13(2)11(22)21(12(23)20-13)19-4-5-6(14)8(16)10(18)9(17)7(5)15/h4H,3H2,1-2H3,(H,20,23)/b19-4+. The number of nitrogens with one attached hydrogen (secondary N) is 1. The average molecular weight is 335 g/mol. The van der Waals surface area contributed by atoms with E-state index in [1.807, 2.05) is 0 Å². The summed E-state index contributed by atoms with van der Waals surface area (Å²) in [4.78, 5) is 23.6. The summed E-state index contributed by atoms with van der Waals surface area (Å²) >= 11 is 0. The normalized spacial score (nSPS) is 21.4. The Morgan fingerprint density at radius 3 is 1.96 bits per heavy atom. The molecule has 23 heavy (non-hydrogen) atoms. The Morgan fingerprint density at radius 1 is 1.04 bits per heavy atom. The first-order valence-corrected chi connectivity index (χ1v) is 6.36. The zero-order valence-electron chi connectivity index (χ0n) is 11.9. The fraction of sp³-hybridized carbons (Fsp3) is 0.308. The second-order valence-electron chi connectivity index (χ2n) is 4.96. The number of benzene rings is 1. The van der Waals surface area contributed by atoms with E-state index in [2.05, 4.69) is 10.4 Å². The van der Waals surface area contributed by atoms with Crippen LogP contribution in [-0.4, -0.2) is 28.7 Å². The highest BCUT2D eigenvalue weighted by molar-refractivity contribution is 6.07. The van der Waals surface area contributed by atoms with Gasteiger partial charge in [0.25, 0.3) is 5.91 Å². The van der Waals surface area contributed by atoms with Gasteiger partial charge in [-0.25, -0.2) is 26.7 Å². The molecule has 1 aromatic carbocycles. The number of rotatable bonds is 3. The van der Waals surface area contributed by atoms with Crippen LogP contribution in [0.2, 0.25) is 0 Å². The van der Waals surface area contributed by atoms with Gasteiger partial charge < -0.3 is 5.32 Å². The number of nitrogens with zero attached hydrogens (tertiary/aromatic N) is 2. The Labute approximate surface area is 126 Å². The molecule has 1 unspecified atom stereocenters. The van der Waals surface area contributed by atoms with Gasteiger partial charge in [-0.3, -0.25) is 4.79 Å². The van der Waals surface area contributed by atoms with E-state index in [1.165, 1.54) is 6.92 Å². The molecule has 124 valence electrons. The molecule has 1 fully saturated rings. The summed E-state index contributed by atoms with van der Waals surface area (Å²) in [6, 6.07) is -0.973. The van der Waals surface area contributed by atoms with Crippen molar-refractivity contribution in [2.24, 2.45) is 5.10 Å². The van der Waals surface area contributed by atoms with Crippen LogP contribution in [0.1, 0.15) is 25.8 Å². The van der Waals surface area contributed by atoms with Gasteiger partial charge in [0, 0.05) is 0 Å². The van der Waals surface area contributed by atoms with Gasteiger partial charge in [-0.05, 0) is 13.3 Å². The highest BCUT2D eigenvalue weighted by Crippen LogP contribution is 2.23. The third-order valence-corrected chi connectivity index (χ3v) is 3.49. The van der Waals surface area contributed by atoms with Gasteiger partial charge in [-0.2, -0.15) is 5.10 Å². The van der Waals surface area contributed by atoms with Crippen molar-refractivity contribution in [3.63, 3.8) is 0 Å². The molecular formula is C13H10F5N3O2. The monoisotopic (exact) mass is 335 g/mol. The Morgan fingerprint density at radius 2 is 1.52 bits per heavy atom. The van der Waals surface area contributed by atoms with E-state index >= 15 is 0 Å². The summed E-state index contributed by atoms with van der Waals surface area (Å²) < 4.78 is 66.0. The summed E-state index contributed by atoms with van der Waals surface area (Å²) in [6.07, 6.45) is 0.446. The highest BCUT2D eigenvalue weighted by Gasteiger charge is 2.47. The molecule has 1 N–H and O–H groups in total. The van der Waals surface area contributed by atoms with Crippen LogP contribution in [-0.2, 0) is 4.79 Å². The van der Waals surface area contributed by atoms with Crippen molar-refractivity contribution < 1.29 is 31.5 Å². The molecule has 3 amide bonds. The van der Waals surface area contributed by atoms with Crippen molar-refractivity contribution in [2.45, 2.75) is 25.8 Å². The number of hydrogen-bond donors (Lipinski definition) is 1. The summed E-state index contributed by atoms with van der Waals surface area (Å²) in [6.45, 7) is 3.01. The highest BCUT2D eigenvalue weighted by atomic mass is 19.2. The van der Waals surface area contributed by atoms with Crippen molar-refractivity contribution in [3.05, 3.63) is 34.6 Å². The van der Waals surface area contributed by atoms with Gasteiger partial charge in [0.15, 0.2) is 23.3 Å². The number of imide groups is 1. The molecule has 2 rings (SSSR count). The van der Waals surface area contributed by atoms with Crippen LogP contribution in [0.5, 0.6) is 0 Å². The summed E-state index contributed by atoms with van der Waals surface area (Å²) in [5, 5.41) is 5.81. The topological polar surface area (TPSA) is 61.8 Å². The van der Waals surface area contributed by atoms with Crippen molar-refractivity contribution in [1.29, 1.82) is 0 Å². The van der Waals surface area contributed by atoms with Crippen LogP contribution >= 0.6 is 0 Å². The third kappa shape index (κ3) is 2.53. The third-order valence-electron chi connectivity index (χ3n) is 3.49. The van der Waals surface area contributed by atoms with Gasteiger partial charge >= 0.3 is 6.03 Å². The molecule has 1 atom stereocenters. The van der Waals surface area contributed by atoms with Crippen LogP contribution in [0.4, 0.5) is 26.7 Å². The van der Waals surface area contributed by atoms with E-state index in [1.54, 1.807) is 6.92 Å². The Hall–Kier alpha value is -2.52. The van der Waals surface area contributed by atoms with Crippen LogP contribution in [0, 0.1) is 29.1 Å². The molecule has 0 spiro atoms. The zero-order chi connectivity index (χ0) is 17.5. The number of carbonyl (C=O) groups is 2. The SMILES string of the molecule is CCC1(C)NC(=O)N(/N=C/c2c(F)c(F)c(F)c(F)c2F)C1=O. The first kappa shape index (κ1) is 16.8. The Balaban J connectivity index is 2.43. The molecule has 1 saturated heterocycles. The van der Waals surface area contributed by atoms with E-state index in [0.29, 0.717) is 0 Å². The first-order chi connectivity index (χ1) is 10.6. The summed E-state index contributed by atoms with van der Waals surface area (Å²) in [5.41, 5.74) is -2.61. The molecule has 0 bridgehead atoms. The molecule has 10 heteroatoms. The molecule has 0 saturated carbocycles. The van der Waals surface area contributed by atoms with Crippen molar-refractivity contribution in [3.8, 4) is 0 Å². The zero-order valence-corrected chi connectivity index (χ0v) is 11.9. The molecule has 0 aliphatic carbocycles. The van der Waals surface area contributed by atoms with Gasteiger partial charge in [0.05, 0.1) is 11.8 Å². The number of halogens is 5. The Bertz CT molecular complexity index is 708. The van der Waals surface area contributed by atoms with E-state index in [4.69, 9.17) is 0 Å². The molecule has 1 heterocycles. The van der Waals surface area contributed by atoms with Gasteiger partial charge in [-0.1, -0.05) is 6.92 Å². The lowest BCUT2D eigenvalue weighted by molar-refractivity contribution is -0.130. The molecule has 1 aromatic rings. The number of carbonyl (C=O) groups excluding carboxylic acids is 2. The maximum Gasteiger partial charge on any atom is 0.346 e. The largest absolute Gasteiger partial charge is 0.346 e. The van der Waals surface area contributed by atoms with Crippen LogP contribution < -0.4 is 5.32 Å². The molecule has 1 aliphatic heterocycles. The lowest BCUT2D eigenvalue weighted by atomic mass is 10.00. The van der Waals surface area contributed by atoms with E-state index in [0.717, 1.165) is 0 Å². The van der Waals surface area contributed by atoms with E-state index < -0.39 is 52.1 Å². The fourth-order valence-corrected chi connectivity index (χ4v) is 1.86. The lowest BCUT2D eigenvalue weighted by Crippen LogP contribution is -2.42. The predicted molar refractivity (Wildman–Crippen MR) is 67.9 cm³/mol. The minimum absolute atomic E-state index is 0.214. The molecular weight excluding hydrogens is 325 g/mol. The van der Waals surface area contributed by atoms with E-state index in [-0.39, 0.29) is 17.6 Å². The number of hydrogen-bond acceptors (Lipinski definition) is 3.